The zero-order chi connectivity index (χ0) is 17.8. The maximum absolute atomic E-state index is 12.5. The van der Waals surface area contributed by atoms with Crippen molar-refractivity contribution in [3.05, 3.63) is 70.7 Å². The van der Waals surface area contributed by atoms with Crippen LogP contribution in [0.2, 0.25) is 0 Å². The minimum absolute atomic E-state index is 0.298. The van der Waals surface area contributed by atoms with Crippen LogP contribution < -0.4 is 5.32 Å². The number of aromatic nitrogens is 1. The molecule has 3 aromatic rings. The summed E-state index contributed by atoms with van der Waals surface area (Å²) in [6.45, 7) is 2.02. The number of rotatable bonds is 4. The monoisotopic (exact) mass is 352 g/mol. The van der Waals surface area contributed by atoms with Crippen LogP contribution in [0, 0.1) is 6.92 Å². The van der Waals surface area contributed by atoms with E-state index in [0.29, 0.717) is 16.9 Å². The molecule has 0 spiro atoms. The quantitative estimate of drug-likeness (QED) is 0.716. The summed E-state index contributed by atoms with van der Waals surface area (Å²) in [6.07, 6.45) is 0. The minimum Gasteiger partial charge on any atom is -0.465 e. The van der Waals surface area contributed by atoms with E-state index in [0.717, 1.165) is 16.1 Å². The average molecular weight is 352 g/mol. The van der Waals surface area contributed by atoms with Crippen molar-refractivity contribution in [1.82, 2.24) is 4.98 Å². The van der Waals surface area contributed by atoms with Gasteiger partial charge in [-0.2, -0.15) is 0 Å². The Morgan fingerprint density at radius 1 is 1.08 bits per heavy atom. The Hall–Kier alpha value is -2.99. The van der Waals surface area contributed by atoms with E-state index in [-0.39, 0.29) is 5.91 Å². The van der Waals surface area contributed by atoms with Crippen LogP contribution in [0.3, 0.4) is 0 Å². The standard InChI is InChI=1S/C19H16N2O3S/c1-12-7-9-13(10-8-12)18-21-16(11-25-18)17(22)20-15-6-4-3-5-14(15)19(23)24-2/h3-11H,1-2H3,(H,20,22). The van der Waals surface area contributed by atoms with Crippen LogP contribution in [-0.2, 0) is 4.74 Å². The number of aryl methyl sites for hydroxylation is 1. The first kappa shape index (κ1) is 16.9. The summed E-state index contributed by atoms with van der Waals surface area (Å²) in [7, 11) is 1.30. The Labute approximate surface area is 149 Å². The number of nitrogens with zero attached hydrogens (tertiary/aromatic N) is 1. The molecule has 6 heteroatoms. The van der Waals surface area contributed by atoms with Gasteiger partial charge in [-0.05, 0) is 19.1 Å². The summed E-state index contributed by atoms with van der Waals surface area (Å²) in [6, 6.07) is 14.6. The van der Waals surface area contributed by atoms with Crippen molar-refractivity contribution in [3.8, 4) is 10.6 Å². The number of para-hydroxylation sites is 1. The van der Waals surface area contributed by atoms with Crippen LogP contribution in [-0.4, -0.2) is 24.0 Å². The molecule has 1 aromatic heterocycles. The van der Waals surface area contributed by atoms with Gasteiger partial charge >= 0.3 is 5.97 Å². The van der Waals surface area contributed by atoms with Crippen molar-refractivity contribution in [1.29, 1.82) is 0 Å². The number of hydrogen-bond donors (Lipinski definition) is 1. The number of anilines is 1. The number of carbonyl (C=O) groups excluding carboxylic acids is 2. The van der Waals surface area contributed by atoms with Gasteiger partial charge in [-0.25, -0.2) is 9.78 Å². The van der Waals surface area contributed by atoms with Gasteiger partial charge in [0, 0.05) is 10.9 Å². The third-order valence-electron chi connectivity index (χ3n) is 3.62. The van der Waals surface area contributed by atoms with Gasteiger partial charge in [0.2, 0.25) is 0 Å². The number of carbonyl (C=O) groups is 2. The molecule has 0 aliphatic rings. The van der Waals surface area contributed by atoms with E-state index in [1.807, 2.05) is 31.2 Å². The van der Waals surface area contributed by atoms with Crippen molar-refractivity contribution in [2.24, 2.45) is 0 Å². The molecule has 126 valence electrons. The third kappa shape index (κ3) is 3.75. The number of benzene rings is 2. The van der Waals surface area contributed by atoms with E-state index in [9.17, 15) is 9.59 Å². The number of esters is 1. The highest BCUT2D eigenvalue weighted by Crippen LogP contribution is 2.25. The van der Waals surface area contributed by atoms with Crippen LogP contribution >= 0.6 is 11.3 Å². The lowest BCUT2D eigenvalue weighted by Gasteiger charge is -2.08. The Balaban J connectivity index is 1.81. The van der Waals surface area contributed by atoms with Crippen LogP contribution in [0.15, 0.2) is 53.9 Å². The highest BCUT2D eigenvalue weighted by molar-refractivity contribution is 7.13. The van der Waals surface area contributed by atoms with Gasteiger partial charge in [0.05, 0.1) is 18.4 Å². The van der Waals surface area contributed by atoms with Crippen LogP contribution in [0.1, 0.15) is 26.4 Å². The van der Waals surface area contributed by atoms with E-state index >= 15 is 0 Å². The van der Waals surface area contributed by atoms with Gasteiger partial charge in [0.25, 0.3) is 5.91 Å². The summed E-state index contributed by atoms with van der Waals surface area (Å²) in [5.41, 5.74) is 3.12. The number of amides is 1. The summed E-state index contributed by atoms with van der Waals surface area (Å²) in [5.74, 6) is -0.875. The Morgan fingerprint density at radius 3 is 2.52 bits per heavy atom. The van der Waals surface area contributed by atoms with Crippen molar-refractivity contribution in [2.75, 3.05) is 12.4 Å². The second kappa shape index (κ2) is 7.27. The molecular formula is C19H16N2O3S. The van der Waals surface area contributed by atoms with Gasteiger partial charge < -0.3 is 10.1 Å². The number of thiazole rings is 1. The maximum Gasteiger partial charge on any atom is 0.339 e. The molecule has 1 N–H and O–H groups in total. The smallest absolute Gasteiger partial charge is 0.339 e. The molecule has 3 rings (SSSR count). The number of hydrogen-bond acceptors (Lipinski definition) is 5. The van der Waals surface area contributed by atoms with Gasteiger partial charge in [-0.1, -0.05) is 42.0 Å². The molecule has 0 radical (unpaired) electrons. The average Bonchev–Trinajstić information content (AvgIpc) is 3.12. The Kier molecular flexibility index (Phi) is 4.90. The first-order chi connectivity index (χ1) is 12.1. The fourth-order valence-corrected chi connectivity index (χ4v) is 3.08. The topological polar surface area (TPSA) is 68.3 Å². The second-order valence-corrected chi connectivity index (χ2v) is 6.25. The molecule has 0 unspecified atom stereocenters. The lowest BCUT2D eigenvalue weighted by Crippen LogP contribution is -2.15. The first-order valence-electron chi connectivity index (χ1n) is 7.60. The summed E-state index contributed by atoms with van der Waals surface area (Å²) in [5, 5.41) is 5.19. The highest BCUT2D eigenvalue weighted by atomic mass is 32.1. The van der Waals surface area contributed by atoms with E-state index in [1.54, 1.807) is 29.6 Å². The molecule has 5 nitrogen and oxygen atoms in total. The molecular weight excluding hydrogens is 336 g/mol. The molecule has 25 heavy (non-hydrogen) atoms. The molecule has 0 fully saturated rings. The Morgan fingerprint density at radius 2 is 1.80 bits per heavy atom. The summed E-state index contributed by atoms with van der Waals surface area (Å²) in [4.78, 5) is 28.6. The largest absolute Gasteiger partial charge is 0.465 e. The van der Waals surface area contributed by atoms with Crippen molar-refractivity contribution in [2.45, 2.75) is 6.92 Å². The Bertz CT molecular complexity index is 916. The molecule has 0 saturated carbocycles. The van der Waals surface area contributed by atoms with Crippen LogP contribution in [0.25, 0.3) is 10.6 Å². The molecule has 0 saturated heterocycles. The van der Waals surface area contributed by atoms with Crippen LogP contribution in [0.5, 0.6) is 0 Å². The van der Waals surface area contributed by atoms with E-state index in [2.05, 4.69) is 10.3 Å². The van der Waals surface area contributed by atoms with E-state index in [4.69, 9.17) is 4.74 Å². The fourth-order valence-electron chi connectivity index (χ4n) is 2.27. The highest BCUT2D eigenvalue weighted by Gasteiger charge is 2.16. The third-order valence-corrected chi connectivity index (χ3v) is 4.51. The molecule has 0 aliphatic heterocycles. The predicted molar refractivity (Wildman–Crippen MR) is 98.0 cm³/mol. The van der Waals surface area contributed by atoms with E-state index < -0.39 is 5.97 Å². The number of ether oxygens (including phenoxy) is 1. The summed E-state index contributed by atoms with van der Waals surface area (Å²) >= 11 is 1.40. The second-order valence-electron chi connectivity index (χ2n) is 5.40. The first-order valence-corrected chi connectivity index (χ1v) is 8.47. The lowest BCUT2D eigenvalue weighted by atomic mass is 10.1. The SMILES string of the molecule is COC(=O)c1ccccc1NC(=O)c1csc(-c2ccc(C)cc2)n1. The van der Waals surface area contributed by atoms with Gasteiger partial charge in [-0.3, -0.25) is 4.79 Å². The summed E-state index contributed by atoms with van der Waals surface area (Å²) < 4.78 is 4.73. The van der Waals surface area contributed by atoms with E-state index in [1.165, 1.54) is 18.4 Å². The zero-order valence-corrected chi connectivity index (χ0v) is 14.6. The molecule has 0 aliphatic carbocycles. The molecule has 1 amide bonds. The van der Waals surface area contributed by atoms with Crippen molar-refractivity contribution in [3.63, 3.8) is 0 Å². The van der Waals surface area contributed by atoms with Gasteiger partial charge in [-0.15, -0.1) is 11.3 Å². The number of methoxy groups -OCH3 is 1. The van der Waals surface area contributed by atoms with Crippen LogP contribution in [0.4, 0.5) is 5.69 Å². The van der Waals surface area contributed by atoms with Crippen molar-refractivity contribution >= 4 is 28.9 Å². The lowest BCUT2D eigenvalue weighted by molar-refractivity contribution is 0.0602. The zero-order valence-electron chi connectivity index (χ0n) is 13.8. The van der Waals surface area contributed by atoms with Crippen molar-refractivity contribution < 1.29 is 14.3 Å². The normalized spacial score (nSPS) is 10.3. The van der Waals surface area contributed by atoms with Gasteiger partial charge in [0.1, 0.15) is 10.7 Å². The van der Waals surface area contributed by atoms with Gasteiger partial charge in [0.15, 0.2) is 0 Å². The maximum atomic E-state index is 12.5. The molecule has 1 heterocycles. The molecule has 0 atom stereocenters. The predicted octanol–water partition coefficient (Wildman–Crippen LogP) is 4.16. The minimum atomic E-state index is -0.505. The molecule has 2 aromatic carbocycles. The fraction of sp³-hybridized carbons (Fsp3) is 0.105. The molecule has 0 bridgehead atoms. The number of nitrogens with one attached hydrogen (secondary N) is 1.